The van der Waals surface area contributed by atoms with Gasteiger partial charge in [0.1, 0.15) is 0 Å². The van der Waals surface area contributed by atoms with Gasteiger partial charge in [0, 0.05) is 0 Å². The quantitative estimate of drug-likeness (QED) is 0.152. The van der Waals surface area contributed by atoms with Crippen molar-refractivity contribution in [2.75, 3.05) is 0 Å². The summed E-state index contributed by atoms with van der Waals surface area (Å²) in [6.07, 6.45) is 42.1. The van der Waals surface area contributed by atoms with Crippen LogP contribution in [0.4, 0.5) is 0 Å². The summed E-state index contributed by atoms with van der Waals surface area (Å²) in [6, 6.07) is 0. The lowest BCUT2D eigenvalue weighted by molar-refractivity contribution is 0.554. The Bertz CT molecular complexity index is 946. The molecule has 0 aliphatic rings. The van der Waals surface area contributed by atoms with Crippen molar-refractivity contribution in [3.8, 4) is 0 Å². The SMILES string of the molecule is CC(C=CC=C(C)C=CC=C(C)CCCC(C)C)=CC=CC=C(C)C=CC=C(C)C=CC=C(C)CCCC(C)C. The summed E-state index contributed by atoms with van der Waals surface area (Å²) in [4.78, 5) is 0. The average Bonchev–Trinajstić information content (AvgIpc) is 2.86. The predicted molar refractivity (Wildman–Crippen MR) is 186 cm³/mol. The molecule has 0 aromatic rings. The maximum absolute atomic E-state index is 2.29. The van der Waals surface area contributed by atoms with Gasteiger partial charge in [-0.1, -0.05) is 171 Å². The van der Waals surface area contributed by atoms with Crippen LogP contribution in [0.1, 0.15) is 108 Å². The lowest BCUT2D eigenvalue weighted by atomic mass is 10.0. The summed E-state index contributed by atoms with van der Waals surface area (Å²) in [5.74, 6) is 1.59. The summed E-state index contributed by atoms with van der Waals surface area (Å²) in [5.41, 5.74) is 7.85. The summed E-state index contributed by atoms with van der Waals surface area (Å²) >= 11 is 0. The third-order valence-electron chi connectivity index (χ3n) is 6.45. The van der Waals surface area contributed by atoms with Gasteiger partial charge in [-0.25, -0.2) is 0 Å². The van der Waals surface area contributed by atoms with Gasteiger partial charge in [0.2, 0.25) is 0 Å². The molecule has 40 heavy (non-hydrogen) atoms. The molecule has 0 radical (unpaired) electrons. The first-order valence-electron chi connectivity index (χ1n) is 15.4. The van der Waals surface area contributed by atoms with Crippen LogP contribution in [0.2, 0.25) is 0 Å². The number of hydrogen-bond donors (Lipinski definition) is 0. The van der Waals surface area contributed by atoms with Crippen molar-refractivity contribution in [1.82, 2.24) is 0 Å². The number of allylic oxidation sites excluding steroid dienone is 22. The minimum absolute atomic E-state index is 0.794. The molecule has 0 N–H and O–H groups in total. The van der Waals surface area contributed by atoms with E-state index in [2.05, 4.69) is 166 Å². The highest BCUT2D eigenvalue weighted by atomic mass is 14.0. The Morgan fingerprint density at radius 3 is 0.975 bits per heavy atom. The zero-order chi connectivity index (χ0) is 30.2. The Kier molecular flexibility index (Phi) is 22.3. The molecule has 0 saturated heterocycles. The van der Waals surface area contributed by atoms with Crippen molar-refractivity contribution >= 4 is 0 Å². The molecule has 0 aromatic heterocycles. The van der Waals surface area contributed by atoms with Crippen molar-refractivity contribution in [2.45, 2.75) is 108 Å². The van der Waals surface area contributed by atoms with Gasteiger partial charge in [-0.15, -0.1) is 0 Å². The van der Waals surface area contributed by atoms with Crippen molar-refractivity contribution in [2.24, 2.45) is 11.8 Å². The smallest absolute Gasteiger partial charge is 0.0320 e. The maximum Gasteiger partial charge on any atom is -0.0320 e. The van der Waals surface area contributed by atoms with E-state index in [1.54, 1.807) is 0 Å². The third-order valence-corrected chi connectivity index (χ3v) is 6.45. The van der Waals surface area contributed by atoms with Gasteiger partial charge < -0.3 is 0 Å². The van der Waals surface area contributed by atoms with Gasteiger partial charge in [-0.05, 0) is 79.1 Å². The highest BCUT2D eigenvalue weighted by molar-refractivity contribution is 5.32. The second-order valence-electron chi connectivity index (χ2n) is 12.1. The molecule has 0 rings (SSSR count). The Hall–Kier alpha value is -2.86. The Morgan fingerprint density at radius 2 is 0.675 bits per heavy atom. The van der Waals surface area contributed by atoms with Crippen LogP contribution in [0.3, 0.4) is 0 Å². The lowest BCUT2D eigenvalue weighted by Gasteiger charge is -2.03. The normalized spacial score (nSPS) is 15.7. The summed E-state index contributed by atoms with van der Waals surface area (Å²) in [6.45, 7) is 22.2. The first kappa shape index (κ1) is 37.1. The average molecular weight is 541 g/mol. The minimum atomic E-state index is 0.794. The molecule has 0 spiro atoms. The van der Waals surface area contributed by atoms with E-state index in [1.165, 1.54) is 72.0 Å². The molecule has 220 valence electrons. The first-order chi connectivity index (χ1) is 19.0. The highest BCUT2D eigenvalue weighted by Gasteiger charge is 1.95. The molecule has 0 aliphatic heterocycles. The summed E-state index contributed by atoms with van der Waals surface area (Å²) < 4.78 is 0. The van der Waals surface area contributed by atoms with Gasteiger partial charge in [-0.2, -0.15) is 0 Å². The second kappa shape index (κ2) is 24.0. The predicted octanol–water partition coefficient (Wildman–Crippen LogP) is 13.1. The van der Waals surface area contributed by atoms with Crippen molar-refractivity contribution in [1.29, 1.82) is 0 Å². The van der Waals surface area contributed by atoms with Crippen LogP contribution in [0, 0.1) is 11.8 Å². The van der Waals surface area contributed by atoms with E-state index < -0.39 is 0 Å². The molecular formula is C40H60. The molecule has 0 aromatic carbocycles. The van der Waals surface area contributed by atoms with E-state index in [0.29, 0.717) is 0 Å². The molecule has 0 saturated carbocycles. The fraction of sp³-hybridized carbons (Fsp3) is 0.450. The summed E-state index contributed by atoms with van der Waals surface area (Å²) in [5, 5.41) is 0. The Labute approximate surface area is 249 Å². The van der Waals surface area contributed by atoms with E-state index in [-0.39, 0.29) is 0 Å². The molecule has 0 nitrogen and oxygen atoms in total. The fourth-order valence-corrected chi connectivity index (χ4v) is 3.81. The van der Waals surface area contributed by atoms with E-state index >= 15 is 0 Å². The molecule has 0 bridgehead atoms. The molecule has 0 amide bonds. The van der Waals surface area contributed by atoms with Crippen LogP contribution in [0.5, 0.6) is 0 Å². The minimum Gasteiger partial charge on any atom is -0.0733 e. The standard InChI is InChI=1S/C40H60/c1-33(2)19-13-23-37(7)27-17-31-39(9)29-15-25-35(5)21-11-12-22-36(6)26-16-30-40(10)32-18-28-38(8)24-14-20-34(3)4/h11-12,15-18,21-22,25-34H,13-14,19-20,23-24H2,1-10H3. The highest BCUT2D eigenvalue weighted by Crippen LogP contribution is 2.13. The van der Waals surface area contributed by atoms with Crippen LogP contribution in [0.25, 0.3) is 0 Å². The molecule has 0 heterocycles. The second-order valence-corrected chi connectivity index (χ2v) is 12.1. The van der Waals surface area contributed by atoms with Gasteiger partial charge >= 0.3 is 0 Å². The Balaban J connectivity index is 4.64. The van der Waals surface area contributed by atoms with Crippen LogP contribution in [-0.4, -0.2) is 0 Å². The van der Waals surface area contributed by atoms with Crippen molar-refractivity contribution < 1.29 is 0 Å². The Morgan fingerprint density at radius 1 is 0.400 bits per heavy atom. The van der Waals surface area contributed by atoms with Crippen LogP contribution in [0.15, 0.2) is 131 Å². The largest absolute Gasteiger partial charge is 0.0733 e. The first-order valence-corrected chi connectivity index (χ1v) is 15.4. The molecule has 0 heteroatoms. The van der Waals surface area contributed by atoms with Gasteiger partial charge in [0.25, 0.3) is 0 Å². The topological polar surface area (TPSA) is 0 Å². The number of hydrogen-bond acceptors (Lipinski definition) is 0. The fourth-order valence-electron chi connectivity index (χ4n) is 3.81. The molecule has 0 aliphatic carbocycles. The van der Waals surface area contributed by atoms with Gasteiger partial charge in [0.05, 0.1) is 0 Å². The molecular weight excluding hydrogens is 480 g/mol. The van der Waals surface area contributed by atoms with E-state index in [4.69, 9.17) is 0 Å². The van der Waals surface area contributed by atoms with E-state index in [9.17, 15) is 0 Å². The number of rotatable bonds is 18. The van der Waals surface area contributed by atoms with E-state index in [1.807, 2.05) is 0 Å². The van der Waals surface area contributed by atoms with E-state index in [0.717, 1.165) is 11.8 Å². The van der Waals surface area contributed by atoms with Crippen molar-refractivity contribution in [3.05, 3.63) is 131 Å². The molecule has 0 fully saturated rings. The van der Waals surface area contributed by atoms with Gasteiger partial charge in [0.15, 0.2) is 0 Å². The zero-order valence-electron chi connectivity index (χ0n) is 27.6. The van der Waals surface area contributed by atoms with Crippen LogP contribution in [-0.2, 0) is 0 Å². The molecule has 0 atom stereocenters. The van der Waals surface area contributed by atoms with Crippen molar-refractivity contribution in [3.63, 3.8) is 0 Å². The monoisotopic (exact) mass is 540 g/mol. The lowest BCUT2D eigenvalue weighted by Crippen LogP contribution is -1.87. The summed E-state index contributed by atoms with van der Waals surface area (Å²) in [7, 11) is 0. The van der Waals surface area contributed by atoms with Crippen LogP contribution < -0.4 is 0 Å². The third kappa shape index (κ3) is 25.4. The molecule has 0 unspecified atom stereocenters. The van der Waals surface area contributed by atoms with Crippen LogP contribution >= 0.6 is 0 Å². The maximum atomic E-state index is 2.29. The zero-order valence-corrected chi connectivity index (χ0v) is 27.6. The van der Waals surface area contributed by atoms with Gasteiger partial charge in [-0.3, -0.25) is 0 Å².